The molecule has 1 saturated heterocycles. The van der Waals surface area contributed by atoms with Crippen molar-refractivity contribution in [2.24, 2.45) is 0 Å². The number of rotatable bonds is 12. The van der Waals surface area contributed by atoms with Gasteiger partial charge in [0.1, 0.15) is 5.75 Å². The Labute approximate surface area is 239 Å². The lowest BCUT2D eigenvalue weighted by Gasteiger charge is -2.36. The quantitative estimate of drug-likeness (QED) is 0.236. The lowest BCUT2D eigenvalue weighted by Crippen LogP contribution is -2.46. The predicted molar refractivity (Wildman–Crippen MR) is 155 cm³/mol. The average molecular weight is 577 g/mol. The number of hydrogen-bond acceptors (Lipinski definition) is 8. The van der Waals surface area contributed by atoms with E-state index in [4.69, 9.17) is 37.4 Å². The largest absolute Gasteiger partial charge is 0.494 e. The SMILES string of the molecule is CNCN(C)C(=O)OCOc1ccc2ccc(OCCCCN3CCN(c4cccc(Cl)c4Cl)CC3)cc2n1. The lowest BCUT2D eigenvalue weighted by atomic mass is 10.2. The van der Waals surface area contributed by atoms with Crippen LogP contribution in [0.3, 0.4) is 0 Å². The van der Waals surface area contributed by atoms with Crippen LogP contribution < -0.4 is 19.7 Å². The van der Waals surface area contributed by atoms with Crippen LogP contribution in [-0.4, -0.2) is 87.8 Å². The molecule has 2 heterocycles. The first kappa shape index (κ1) is 29.0. The second-order valence-electron chi connectivity index (χ2n) is 9.34. The molecule has 0 atom stereocenters. The molecule has 1 aliphatic heterocycles. The monoisotopic (exact) mass is 575 g/mol. The van der Waals surface area contributed by atoms with Gasteiger partial charge in [-0.25, -0.2) is 9.78 Å². The molecular weight excluding hydrogens is 541 g/mol. The molecule has 0 aliphatic carbocycles. The van der Waals surface area contributed by atoms with E-state index in [1.54, 1.807) is 20.2 Å². The summed E-state index contributed by atoms with van der Waals surface area (Å²) in [5.74, 6) is 1.14. The number of nitrogens with one attached hydrogen (secondary N) is 1. The second kappa shape index (κ2) is 14.4. The molecular formula is C28H35Cl2N5O4. The number of halogens is 2. The first-order chi connectivity index (χ1) is 18.9. The maximum absolute atomic E-state index is 11.8. The molecule has 4 rings (SSSR count). The van der Waals surface area contributed by atoms with Crippen molar-refractivity contribution in [3.05, 3.63) is 58.6 Å². The fraction of sp³-hybridized carbons (Fsp3) is 0.429. The molecule has 210 valence electrons. The molecule has 0 bridgehead atoms. The molecule has 3 aromatic rings. The van der Waals surface area contributed by atoms with Crippen molar-refractivity contribution in [1.29, 1.82) is 0 Å². The van der Waals surface area contributed by atoms with Gasteiger partial charge in [-0.2, -0.15) is 0 Å². The van der Waals surface area contributed by atoms with E-state index in [9.17, 15) is 4.79 Å². The standard InChI is InChI=1S/C28H35Cl2N5O4/c1-31-19-33(2)28(36)39-20-38-26-11-9-21-8-10-22(18-24(21)32-26)37-17-4-3-12-34-13-15-35(16-14-34)25-7-5-6-23(29)27(25)30/h5-11,18,31H,3-4,12-17,19-20H2,1-2H3. The van der Waals surface area contributed by atoms with Crippen molar-refractivity contribution >= 4 is 45.9 Å². The number of fused-ring (bicyclic) bond motifs is 1. The van der Waals surface area contributed by atoms with Crippen molar-refractivity contribution in [2.75, 3.05) is 71.8 Å². The van der Waals surface area contributed by atoms with E-state index in [0.717, 1.165) is 67.9 Å². The summed E-state index contributed by atoms with van der Waals surface area (Å²) in [6.45, 7) is 5.70. The number of anilines is 1. The number of nitrogens with zero attached hydrogens (tertiary/aromatic N) is 4. The van der Waals surface area contributed by atoms with E-state index in [0.29, 0.717) is 29.2 Å². The first-order valence-corrected chi connectivity index (χ1v) is 13.8. The normalized spacial score (nSPS) is 13.9. The molecule has 1 aromatic heterocycles. The summed E-state index contributed by atoms with van der Waals surface area (Å²) in [6, 6.07) is 15.3. The second-order valence-corrected chi connectivity index (χ2v) is 10.1. The number of carbonyl (C=O) groups is 1. The zero-order chi connectivity index (χ0) is 27.6. The number of hydrogen-bond donors (Lipinski definition) is 1. The molecule has 9 nitrogen and oxygen atoms in total. The van der Waals surface area contributed by atoms with Gasteiger partial charge in [0.2, 0.25) is 12.7 Å². The number of pyridine rings is 1. The molecule has 2 aromatic carbocycles. The number of amides is 1. The lowest BCUT2D eigenvalue weighted by molar-refractivity contribution is 0.0365. The van der Waals surface area contributed by atoms with Gasteiger partial charge in [0, 0.05) is 50.7 Å². The van der Waals surface area contributed by atoms with E-state index in [-0.39, 0.29) is 6.79 Å². The molecule has 0 saturated carbocycles. The number of benzene rings is 2. The van der Waals surface area contributed by atoms with Gasteiger partial charge >= 0.3 is 6.09 Å². The van der Waals surface area contributed by atoms with Crippen molar-refractivity contribution in [3.63, 3.8) is 0 Å². The minimum absolute atomic E-state index is 0.217. The highest BCUT2D eigenvalue weighted by molar-refractivity contribution is 6.43. The maximum atomic E-state index is 11.8. The van der Waals surface area contributed by atoms with Crippen LogP contribution in [-0.2, 0) is 4.74 Å². The van der Waals surface area contributed by atoms with Crippen molar-refractivity contribution in [3.8, 4) is 11.6 Å². The van der Waals surface area contributed by atoms with Crippen LogP contribution in [0.2, 0.25) is 10.0 Å². The molecule has 0 spiro atoms. The Morgan fingerprint density at radius 3 is 2.64 bits per heavy atom. The molecule has 1 N–H and O–H groups in total. The molecule has 0 unspecified atom stereocenters. The minimum atomic E-state index is -0.481. The van der Waals surface area contributed by atoms with Gasteiger partial charge in [0.15, 0.2) is 0 Å². The molecule has 39 heavy (non-hydrogen) atoms. The van der Waals surface area contributed by atoms with Gasteiger partial charge in [-0.3, -0.25) is 9.80 Å². The van der Waals surface area contributed by atoms with Crippen LogP contribution in [0.25, 0.3) is 10.9 Å². The highest BCUT2D eigenvalue weighted by Crippen LogP contribution is 2.33. The number of unbranched alkanes of at least 4 members (excludes halogenated alkanes) is 1. The summed E-state index contributed by atoms with van der Waals surface area (Å²) in [7, 11) is 3.39. The first-order valence-electron chi connectivity index (χ1n) is 13.0. The predicted octanol–water partition coefficient (Wildman–Crippen LogP) is 5.10. The average Bonchev–Trinajstić information content (AvgIpc) is 2.94. The number of aromatic nitrogens is 1. The molecule has 0 radical (unpaired) electrons. The smallest absolute Gasteiger partial charge is 0.413 e. The summed E-state index contributed by atoms with van der Waals surface area (Å²) >= 11 is 12.6. The van der Waals surface area contributed by atoms with Crippen LogP contribution in [0.15, 0.2) is 48.5 Å². The van der Waals surface area contributed by atoms with Crippen LogP contribution in [0.1, 0.15) is 12.8 Å². The van der Waals surface area contributed by atoms with Crippen LogP contribution in [0.4, 0.5) is 10.5 Å². The highest BCUT2D eigenvalue weighted by Gasteiger charge is 2.19. The van der Waals surface area contributed by atoms with E-state index >= 15 is 0 Å². The van der Waals surface area contributed by atoms with E-state index < -0.39 is 6.09 Å². The summed E-state index contributed by atoms with van der Waals surface area (Å²) < 4.78 is 16.6. The van der Waals surface area contributed by atoms with Gasteiger partial charge in [-0.15, -0.1) is 0 Å². The summed E-state index contributed by atoms with van der Waals surface area (Å²) in [5.41, 5.74) is 1.76. The van der Waals surface area contributed by atoms with E-state index in [1.807, 2.05) is 42.5 Å². The van der Waals surface area contributed by atoms with Crippen molar-refractivity contribution in [1.82, 2.24) is 20.1 Å². The zero-order valence-corrected chi connectivity index (χ0v) is 23.9. The third-order valence-corrected chi connectivity index (χ3v) is 7.32. The number of carbonyl (C=O) groups excluding carboxylic acids is 1. The third kappa shape index (κ3) is 8.25. The molecule has 1 aliphatic rings. The van der Waals surface area contributed by atoms with Crippen LogP contribution in [0.5, 0.6) is 11.6 Å². The fourth-order valence-electron chi connectivity index (χ4n) is 4.38. The minimum Gasteiger partial charge on any atom is -0.494 e. The van der Waals surface area contributed by atoms with Crippen molar-refractivity contribution < 1.29 is 19.0 Å². The zero-order valence-electron chi connectivity index (χ0n) is 22.4. The number of piperazine rings is 1. The number of ether oxygens (including phenoxy) is 3. The Bertz CT molecular complexity index is 1240. The van der Waals surface area contributed by atoms with Gasteiger partial charge in [-0.05, 0) is 56.8 Å². The van der Waals surface area contributed by atoms with Crippen LogP contribution >= 0.6 is 23.2 Å². The summed E-state index contributed by atoms with van der Waals surface area (Å²) in [5, 5.41) is 5.08. The van der Waals surface area contributed by atoms with Gasteiger partial charge in [0.05, 0.1) is 34.5 Å². The fourth-order valence-corrected chi connectivity index (χ4v) is 4.79. The Hall–Kier alpha value is -2.98. The Kier molecular flexibility index (Phi) is 10.7. The Morgan fingerprint density at radius 1 is 1.05 bits per heavy atom. The van der Waals surface area contributed by atoms with Gasteiger partial charge in [-0.1, -0.05) is 29.3 Å². The highest BCUT2D eigenvalue weighted by atomic mass is 35.5. The summed E-state index contributed by atoms with van der Waals surface area (Å²) in [4.78, 5) is 22.5. The molecule has 11 heteroatoms. The van der Waals surface area contributed by atoms with E-state index in [1.165, 1.54) is 4.90 Å². The Balaban J connectivity index is 1.16. The maximum Gasteiger partial charge on any atom is 0.413 e. The molecule has 1 fully saturated rings. The van der Waals surface area contributed by atoms with Crippen LogP contribution in [0, 0.1) is 0 Å². The van der Waals surface area contributed by atoms with Gasteiger partial charge < -0.3 is 24.4 Å². The summed E-state index contributed by atoms with van der Waals surface area (Å²) in [6.07, 6.45) is 1.54. The van der Waals surface area contributed by atoms with Crippen molar-refractivity contribution in [2.45, 2.75) is 12.8 Å². The van der Waals surface area contributed by atoms with E-state index in [2.05, 4.69) is 20.1 Å². The van der Waals surface area contributed by atoms with Gasteiger partial charge in [0.25, 0.3) is 0 Å². The topological polar surface area (TPSA) is 79.4 Å². The third-order valence-electron chi connectivity index (χ3n) is 6.52. The molecule has 1 amide bonds. The Morgan fingerprint density at radius 2 is 1.85 bits per heavy atom.